The first kappa shape index (κ1) is 19.9. The maximum absolute atomic E-state index is 13.6. The van der Waals surface area contributed by atoms with E-state index in [1.165, 1.54) is 23.8 Å². The second-order valence-electron chi connectivity index (χ2n) is 6.02. The van der Waals surface area contributed by atoms with Crippen molar-refractivity contribution >= 4 is 29.2 Å². The highest BCUT2D eigenvalue weighted by molar-refractivity contribution is 6.31. The molecule has 4 nitrogen and oxygen atoms in total. The standard InChI is InChI=1S/C20H21ClFNO3/c1-3-13(2)14-7-9-15(10-8-14)23-19(24)12-26-20(25)11-16-17(21)5-4-6-18(16)22/h4-10,13H,3,11-12H2,1-2H3,(H,23,24)/t13-/m0/s1. The summed E-state index contributed by atoms with van der Waals surface area (Å²) in [5.74, 6) is -1.32. The normalized spacial score (nSPS) is 11.7. The third kappa shape index (κ3) is 5.56. The molecular formula is C20H21ClFNO3. The van der Waals surface area contributed by atoms with Crippen LogP contribution >= 0.6 is 11.6 Å². The molecule has 2 aromatic carbocycles. The van der Waals surface area contributed by atoms with Crippen LogP contribution in [0, 0.1) is 5.82 Å². The van der Waals surface area contributed by atoms with Crippen molar-refractivity contribution in [2.45, 2.75) is 32.6 Å². The van der Waals surface area contributed by atoms with E-state index in [2.05, 4.69) is 19.2 Å². The molecule has 1 atom stereocenters. The number of nitrogens with one attached hydrogen (secondary N) is 1. The maximum Gasteiger partial charge on any atom is 0.310 e. The molecule has 0 radical (unpaired) electrons. The van der Waals surface area contributed by atoms with Crippen molar-refractivity contribution in [1.29, 1.82) is 0 Å². The van der Waals surface area contributed by atoms with E-state index in [9.17, 15) is 14.0 Å². The minimum atomic E-state index is -0.723. The fraction of sp³-hybridized carbons (Fsp3) is 0.300. The van der Waals surface area contributed by atoms with Crippen LogP contribution in [0.25, 0.3) is 0 Å². The van der Waals surface area contributed by atoms with Gasteiger partial charge in [0, 0.05) is 16.3 Å². The Hall–Kier alpha value is -2.40. The summed E-state index contributed by atoms with van der Waals surface area (Å²) in [5.41, 5.74) is 1.87. The van der Waals surface area contributed by atoms with Gasteiger partial charge in [-0.25, -0.2) is 4.39 Å². The molecule has 0 saturated carbocycles. The molecule has 138 valence electrons. The highest BCUT2D eigenvalue weighted by Gasteiger charge is 2.14. The van der Waals surface area contributed by atoms with Gasteiger partial charge in [0.25, 0.3) is 5.91 Å². The van der Waals surface area contributed by atoms with Crippen LogP contribution in [-0.2, 0) is 20.7 Å². The van der Waals surface area contributed by atoms with Gasteiger partial charge in [0.1, 0.15) is 5.82 Å². The van der Waals surface area contributed by atoms with E-state index in [1.54, 1.807) is 12.1 Å². The average Bonchev–Trinajstić information content (AvgIpc) is 2.63. The number of carbonyl (C=O) groups is 2. The molecule has 0 saturated heterocycles. The van der Waals surface area contributed by atoms with Crippen molar-refractivity contribution < 1.29 is 18.7 Å². The van der Waals surface area contributed by atoms with Crippen molar-refractivity contribution in [3.8, 4) is 0 Å². The van der Waals surface area contributed by atoms with Gasteiger partial charge in [0.2, 0.25) is 0 Å². The van der Waals surface area contributed by atoms with E-state index in [0.29, 0.717) is 11.6 Å². The van der Waals surface area contributed by atoms with E-state index >= 15 is 0 Å². The van der Waals surface area contributed by atoms with Crippen LogP contribution in [0.5, 0.6) is 0 Å². The van der Waals surface area contributed by atoms with E-state index in [0.717, 1.165) is 6.42 Å². The molecule has 2 rings (SSSR count). The number of esters is 1. The number of carbonyl (C=O) groups excluding carboxylic acids is 2. The Balaban J connectivity index is 1.84. The first-order chi connectivity index (χ1) is 12.4. The fourth-order valence-electron chi connectivity index (χ4n) is 2.37. The molecule has 1 amide bonds. The van der Waals surface area contributed by atoms with E-state index in [-0.39, 0.29) is 17.0 Å². The summed E-state index contributed by atoms with van der Waals surface area (Å²) >= 11 is 5.86. The highest BCUT2D eigenvalue weighted by atomic mass is 35.5. The molecule has 1 N–H and O–H groups in total. The zero-order valence-corrected chi connectivity index (χ0v) is 15.5. The summed E-state index contributed by atoms with van der Waals surface area (Å²) in [6, 6.07) is 11.7. The summed E-state index contributed by atoms with van der Waals surface area (Å²) in [6.45, 7) is 3.80. The lowest BCUT2D eigenvalue weighted by Crippen LogP contribution is -2.22. The van der Waals surface area contributed by atoms with Crippen LogP contribution in [-0.4, -0.2) is 18.5 Å². The van der Waals surface area contributed by atoms with Gasteiger partial charge in [-0.15, -0.1) is 0 Å². The number of hydrogen-bond donors (Lipinski definition) is 1. The second-order valence-corrected chi connectivity index (χ2v) is 6.42. The fourth-order valence-corrected chi connectivity index (χ4v) is 2.60. The third-order valence-electron chi connectivity index (χ3n) is 4.12. The number of amides is 1. The molecule has 26 heavy (non-hydrogen) atoms. The van der Waals surface area contributed by atoms with Crippen LogP contribution in [0.2, 0.25) is 5.02 Å². The Morgan fingerprint density at radius 2 is 1.88 bits per heavy atom. The van der Waals surface area contributed by atoms with Crippen molar-refractivity contribution in [3.05, 3.63) is 64.4 Å². The Morgan fingerprint density at radius 1 is 1.19 bits per heavy atom. The molecule has 0 bridgehead atoms. The van der Waals surface area contributed by atoms with Gasteiger partial charge in [0.05, 0.1) is 6.42 Å². The molecule has 0 heterocycles. The monoisotopic (exact) mass is 377 g/mol. The topological polar surface area (TPSA) is 55.4 Å². The maximum atomic E-state index is 13.6. The van der Waals surface area contributed by atoms with Gasteiger partial charge in [-0.2, -0.15) is 0 Å². The number of benzene rings is 2. The third-order valence-corrected chi connectivity index (χ3v) is 4.48. The van der Waals surface area contributed by atoms with Gasteiger partial charge in [-0.05, 0) is 42.2 Å². The van der Waals surface area contributed by atoms with Crippen LogP contribution in [0.3, 0.4) is 0 Å². The molecule has 0 aliphatic rings. The lowest BCUT2D eigenvalue weighted by molar-refractivity contribution is -0.146. The Kier molecular flexibility index (Phi) is 7.16. The summed E-state index contributed by atoms with van der Waals surface area (Å²) in [5, 5.41) is 2.80. The number of halogens is 2. The smallest absolute Gasteiger partial charge is 0.310 e. The zero-order chi connectivity index (χ0) is 19.1. The summed E-state index contributed by atoms with van der Waals surface area (Å²) in [4.78, 5) is 23.7. The highest BCUT2D eigenvalue weighted by Crippen LogP contribution is 2.21. The van der Waals surface area contributed by atoms with Gasteiger partial charge >= 0.3 is 5.97 Å². The van der Waals surface area contributed by atoms with Gasteiger partial charge < -0.3 is 10.1 Å². The lowest BCUT2D eigenvalue weighted by atomic mass is 9.99. The summed E-state index contributed by atoms with van der Waals surface area (Å²) < 4.78 is 18.5. The number of hydrogen-bond acceptors (Lipinski definition) is 3. The molecule has 6 heteroatoms. The van der Waals surface area contributed by atoms with Crippen molar-refractivity contribution in [1.82, 2.24) is 0 Å². The molecular weight excluding hydrogens is 357 g/mol. The van der Waals surface area contributed by atoms with Gasteiger partial charge in [0.15, 0.2) is 6.61 Å². The van der Waals surface area contributed by atoms with Crippen LogP contribution < -0.4 is 5.32 Å². The largest absolute Gasteiger partial charge is 0.455 e. The quantitative estimate of drug-likeness (QED) is 0.710. The van der Waals surface area contributed by atoms with Crippen molar-refractivity contribution in [2.75, 3.05) is 11.9 Å². The molecule has 0 aliphatic heterocycles. The minimum Gasteiger partial charge on any atom is -0.455 e. The second kappa shape index (κ2) is 9.34. The van der Waals surface area contributed by atoms with Crippen LogP contribution in [0.15, 0.2) is 42.5 Å². The molecule has 0 fully saturated rings. The van der Waals surface area contributed by atoms with Crippen LogP contribution in [0.4, 0.5) is 10.1 Å². The minimum absolute atomic E-state index is 0.0557. The molecule has 0 spiro atoms. The SMILES string of the molecule is CC[C@H](C)c1ccc(NC(=O)COC(=O)Cc2c(F)cccc2Cl)cc1. The number of rotatable bonds is 7. The predicted octanol–water partition coefficient (Wildman–Crippen LogP) is 4.72. The Bertz CT molecular complexity index is 757. The average molecular weight is 378 g/mol. The Labute approximate surface area is 157 Å². The number of anilines is 1. The molecule has 0 aromatic heterocycles. The van der Waals surface area contributed by atoms with E-state index in [1.807, 2.05) is 12.1 Å². The van der Waals surface area contributed by atoms with Gasteiger partial charge in [-0.3, -0.25) is 9.59 Å². The van der Waals surface area contributed by atoms with Crippen molar-refractivity contribution in [2.24, 2.45) is 0 Å². The predicted molar refractivity (Wildman–Crippen MR) is 99.9 cm³/mol. The molecule has 0 unspecified atom stereocenters. The summed E-state index contributed by atoms with van der Waals surface area (Å²) in [7, 11) is 0. The lowest BCUT2D eigenvalue weighted by Gasteiger charge is -2.11. The first-order valence-corrected chi connectivity index (χ1v) is 8.76. The number of ether oxygens (including phenoxy) is 1. The van der Waals surface area contributed by atoms with Crippen molar-refractivity contribution in [3.63, 3.8) is 0 Å². The Morgan fingerprint density at radius 3 is 2.50 bits per heavy atom. The summed E-state index contributed by atoms with van der Waals surface area (Å²) in [6.07, 6.45) is 0.704. The van der Waals surface area contributed by atoms with E-state index < -0.39 is 24.3 Å². The zero-order valence-electron chi connectivity index (χ0n) is 14.7. The molecule has 2 aromatic rings. The van der Waals surface area contributed by atoms with E-state index in [4.69, 9.17) is 16.3 Å². The first-order valence-electron chi connectivity index (χ1n) is 8.39. The van der Waals surface area contributed by atoms with Gasteiger partial charge in [-0.1, -0.05) is 43.6 Å². The van der Waals surface area contributed by atoms with Crippen LogP contribution in [0.1, 0.15) is 37.3 Å². The molecule has 0 aliphatic carbocycles.